The molecule has 0 bridgehead atoms. The second kappa shape index (κ2) is 12.0. The van der Waals surface area contributed by atoms with Crippen molar-refractivity contribution in [1.29, 1.82) is 0 Å². The van der Waals surface area contributed by atoms with Gasteiger partial charge < -0.3 is 26.2 Å². The lowest BCUT2D eigenvalue weighted by molar-refractivity contribution is -0.116. The van der Waals surface area contributed by atoms with Crippen LogP contribution in [0.25, 0.3) is 0 Å². The standard InChI is InChI=1S/C25H28ClN7O2/c1-5-22(34)28-13-16-7-6-8-18(11-16)30-25-29-14-20(26)23(32-25)31-21-12-17(15-33(3)4)9-10-19(21)24(35)27-2/h5-12,14H,1,13,15H2,2-4H3,(H,27,35)(H,28,34)(H2,29,30,31,32). The van der Waals surface area contributed by atoms with Crippen molar-refractivity contribution in [3.8, 4) is 0 Å². The molecule has 2 amide bonds. The average Bonchev–Trinajstić information content (AvgIpc) is 2.84. The smallest absolute Gasteiger partial charge is 0.253 e. The lowest BCUT2D eigenvalue weighted by Crippen LogP contribution is -2.20. The summed E-state index contributed by atoms with van der Waals surface area (Å²) in [7, 11) is 5.53. The number of aromatic nitrogens is 2. The van der Waals surface area contributed by atoms with E-state index in [-0.39, 0.29) is 11.8 Å². The number of anilines is 4. The Balaban J connectivity index is 1.85. The lowest BCUT2D eigenvalue weighted by atomic mass is 10.1. The second-order valence-electron chi connectivity index (χ2n) is 7.96. The summed E-state index contributed by atoms with van der Waals surface area (Å²) >= 11 is 6.38. The van der Waals surface area contributed by atoms with Gasteiger partial charge in [0.25, 0.3) is 5.91 Å². The molecule has 0 aliphatic rings. The molecule has 1 aromatic heterocycles. The number of halogens is 1. The Morgan fingerprint density at radius 3 is 2.63 bits per heavy atom. The molecule has 0 saturated carbocycles. The number of benzene rings is 2. The lowest BCUT2D eigenvalue weighted by Gasteiger charge is -2.16. The third kappa shape index (κ3) is 7.26. The maximum atomic E-state index is 12.4. The van der Waals surface area contributed by atoms with Gasteiger partial charge in [-0.25, -0.2) is 4.98 Å². The molecule has 0 spiro atoms. The fraction of sp³-hybridized carbons (Fsp3) is 0.200. The number of carbonyl (C=O) groups is 2. The van der Waals surface area contributed by atoms with E-state index in [1.54, 1.807) is 13.1 Å². The van der Waals surface area contributed by atoms with Gasteiger partial charge >= 0.3 is 0 Å². The molecule has 35 heavy (non-hydrogen) atoms. The zero-order chi connectivity index (χ0) is 25.4. The molecule has 0 aliphatic carbocycles. The maximum Gasteiger partial charge on any atom is 0.253 e. The highest BCUT2D eigenvalue weighted by molar-refractivity contribution is 6.33. The monoisotopic (exact) mass is 493 g/mol. The molecule has 3 rings (SSSR count). The highest BCUT2D eigenvalue weighted by atomic mass is 35.5. The van der Waals surface area contributed by atoms with Crippen LogP contribution in [0.5, 0.6) is 0 Å². The first-order chi connectivity index (χ1) is 16.8. The van der Waals surface area contributed by atoms with E-state index < -0.39 is 0 Å². The van der Waals surface area contributed by atoms with Gasteiger partial charge in [-0.15, -0.1) is 0 Å². The van der Waals surface area contributed by atoms with Gasteiger partial charge in [0, 0.05) is 25.8 Å². The fourth-order valence-electron chi connectivity index (χ4n) is 3.28. The molecule has 9 nitrogen and oxygen atoms in total. The Morgan fingerprint density at radius 1 is 1.11 bits per heavy atom. The van der Waals surface area contributed by atoms with E-state index in [0.717, 1.165) is 16.8 Å². The Hall–Kier alpha value is -3.95. The fourth-order valence-corrected chi connectivity index (χ4v) is 3.42. The number of hydrogen-bond acceptors (Lipinski definition) is 7. The summed E-state index contributed by atoms with van der Waals surface area (Å²) in [5.74, 6) is 0.194. The molecule has 0 unspecified atom stereocenters. The van der Waals surface area contributed by atoms with Gasteiger partial charge in [-0.05, 0) is 55.6 Å². The van der Waals surface area contributed by atoms with Crippen LogP contribution in [0.3, 0.4) is 0 Å². The van der Waals surface area contributed by atoms with Crippen molar-refractivity contribution < 1.29 is 9.59 Å². The minimum absolute atomic E-state index is 0.229. The van der Waals surface area contributed by atoms with Crippen molar-refractivity contribution in [1.82, 2.24) is 25.5 Å². The summed E-state index contributed by atoms with van der Waals surface area (Å²) < 4.78 is 0. The van der Waals surface area contributed by atoms with Crippen LogP contribution in [0.15, 0.2) is 61.3 Å². The van der Waals surface area contributed by atoms with E-state index in [0.29, 0.717) is 41.1 Å². The summed E-state index contributed by atoms with van der Waals surface area (Å²) in [5.41, 5.74) is 3.70. The van der Waals surface area contributed by atoms with Gasteiger partial charge in [0.1, 0.15) is 5.02 Å². The molecule has 182 valence electrons. The number of nitrogens with one attached hydrogen (secondary N) is 4. The van der Waals surface area contributed by atoms with Crippen molar-refractivity contribution in [2.45, 2.75) is 13.1 Å². The summed E-state index contributed by atoms with van der Waals surface area (Å²) in [6.07, 6.45) is 2.71. The van der Waals surface area contributed by atoms with E-state index in [1.165, 1.54) is 12.3 Å². The predicted molar refractivity (Wildman–Crippen MR) is 139 cm³/mol. The minimum Gasteiger partial charge on any atom is -0.355 e. The molecule has 4 N–H and O–H groups in total. The van der Waals surface area contributed by atoms with Gasteiger partial charge in [-0.1, -0.05) is 36.4 Å². The van der Waals surface area contributed by atoms with Crippen LogP contribution >= 0.6 is 11.6 Å². The number of carbonyl (C=O) groups excluding carboxylic acids is 2. The normalized spacial score (nSPS) is 10.5. The average molecular weight is 494 g/mol. The number of rotatable bonds is 10. The molecule has 1 heterocycles. The molecule has 0 radical (unpaired) electrons. The topological polar surface area (TPSA) is 111 Å². The molecule has 0 saturated heterocycles. The minimum atomic E-state index is -0.245. The van der Waals surface area contributed by atoms with E-state index in [9.17, 15) is 9.59 Å². The first-order valence-corrected chi connectivity index (χ1v) is 11.2. The molecule has 10 heteroatoms. The van der Waals surface area contributed by atoms with Crippen LogP contribution in [-0.4, -0.2) is 47.8 Å². The van der Waals surface area contributed by atoms with Gasteiger partial charge in [0.2, 0.25) is 11.9 Å². The third-order valence-corrected chi connectivity index (χ3v) is 5.16. The van der Waals surface area contributed by atoms with Crippen molar-refractivity contribution in [3.05, 3.63) is 83.0 Å². The number of nitrogens with zero attached hydrogens (tertiary/aromatic N) is 3. The first kappa shape index (κ1) is 25.7. The first-order valence-electron chi connectivity index (χ1n) is 10.8. The van der Waals surface area contributed by atoms with Crippen molar-refractivity contribution in [2.75, 3.05) is 31.8 Å². The Kier molecular flexibility index (Phi) is 8.77. The van der Waals surface area contributed by atoms with Crippen molar-refractivity contribution in [2.24, 2.45) is 0 Å². The van der Waals surface area contributed by atoms with Gasteiger partial charge in [0.15, 0.2) is 5.82 Å². The highest BCUT2D eigenvalue weighted by Crippen LogP contribution is 2.28. The van der Waals surface area contributed by atoms with Crippen LogP contribution in [0.1, 0.15) is 21.5 Å². The molecule has 0 aliphatic heterocycles. The third-order valence-electron chi connectivity index (χ3n) is 4.89. The largest absolute Gasteiger partial charge is 0.355 e. The van der Waals surface area contributed by atoms with Gasteiger partial charge in [0.05, 0.1) is 17.4 Å². The zero-order valence-electron chi connectivity index (χ0n) is 19.9. The Morgan fingerprint density at radius 2 is 1.91 bits per heavy atom. The zero-order valence-corrected chi connectivity index (χ0v) is 20.6. The van der Waals surface area contributed by atoms with Crippen LogP contribution in [0.4, 0.5) is 23.1 Å². The van der Waals surface area contributed by atoms with Crippen LogP contribution in [-0.2, 0) is 17.9 Å². The number of hydrogen-bond donors (Lipinski definition) is 4. The van der Waals surface area contributed by atoms with Crippen LogP contribution < -0.4 is 21.3 Å². The summed E-state index contributed by atoms with van der Waals surface area (Å²) in [6.45, 7) is 4.51. The highest BCUT2D eigenvalue weighted by Gasteiger charge is 2.14. The van der Waals surface area contributed by atoms with E-state index in [4.69, 9.17) is 11.6 Å². The quantitative estimate of drug-likeness (QED) is 0.317. The summed E-state index contributed by atoms with van der Waals surface area (Å²) in [6, 6.07) is 13.1. The van der Waals surface area contributed by atoms with Gasteiger partial charge in [-0.2, -0.15) is 4.98 Å². The molecule has 0 fully saturated rings. The van der Waals surface area contributed by atoms with Crippen molar-refractivity contribution >= 4 is 46.6 Å². The SMILES string of the molecule is C=CC(=O)NCc1cccc(Nc2ncc(Cl)c(Nc3cc(CN(C)C)ccc3C(=O)NC)n2)c1. The van der Waals surface area contributed by atoms with Crippen molar-refractivity contribution in [3.63, 3.8) is 0 Å². The van der Waals surface area contributed by atoms with Crippen LogP contribution in [0.2, 0.25) is 5.02 Å². The molecular weight excluding hydrogens is 466 g/mol. The van der Waals surface area contributed by atoms with Crippen LogP contribution in [0, 0.1) is 0 Å². The van der Waals surface area contributed by atoms with E-state index in [1.807, 2.05) is 55.4 Å². The van der Waals surface area contributed by atoms with E-state index in [2.05, 4.69) is 37.8 Å². The molecular formula is C25H28ClN7O2. The number of amides is 2. The van der Waals surface area contributed by atoms with Gasteiger partial charge in [-0.3, -0.25) is 9.59 Å². The Bertz CT molecular complexity index is 1230. The second-order valence-corrected chi connectivity index (χ2v) is 8.37. The Labute approximate surface area is 209 Å². The molecule has 3 aromatic rings. The van der Waals surface area contributed by atoms with E-state index >= 15 is 0 Å². The molecule has 0 atom stereocenters. The summed E-state index contributed by atoms with van der Waals surface area (Å²) in [5, 5.41) is 12.0. The predicted octanol–water partition coefficient (Wildman–Crippen LogP) is 3.84. The molecule has 2 aromatic carbocycles. The summed E-state index contributed by atoms with van der Waals surface area (Å²) in [4.78, 5) is 34.7. The maximum absolute atomic E-state index is 12.4.